The quantitative estimate of drug-likeness (QED) is 0.333. The highest BCUT2D eigenvalue weighted by molar-refractivity contribution is 6.34. The van der Waals surface area contributed by atoms with Crippen molar-refractivity contribution in [2.75, 3.05) is 4.90 Å². The molecule has 0 N–H and O–H groups in total. The molecule has 1 aliphatic rings. The Morgan fingerprint density at radius 2 is 1.03 bits per heavy atom. The second-order valence-electron chi connectivity index (χ2n) is 8.60. The predicted molar refractivity (Wildman–Crippen MR) is 129 cm³/mol. The minimum atomic E-state index is -0.305. The third-order valence-corrected chi connectivity index (χ3v) is 6.20. The van der Waals surface area contributed by atoms with Crippen LogP contribution in [0, 0.1) is 0 Å². The molecule has 0 bridgehead atoms. The van der Waals surface area contributed by atoms with Crippen LogP contribution >= 0.6 is 0 Å². The van der Waals surface area contributed by atoms with E-state index in [4.69, 9.17) is 4.74 Å². The van der Waals surface area contributed by atoms with Gasteiger partial charge < -0.3 is 4.74 Å². The summed E-state index contributed by atoms with van der Waals surface area (Å²) in [5.74, 6) is 0.739. The van der Waals surface area contributed by atoms with Crippen molar-refractivity contribution in [2.24, 2.45) is 0 Å². The molecule has 4 aromatic carbocycles. The van der Waals surface area contributed by atoms with Crippen LogP contribution in [0.15, 0.2) is 103 Å². The van der Waals surface area contributed by atoms with Gasteiger partial charge >= 0.3 is 0 Å². The van der Waals surface area contributed by atoms with E-state index in [1.54, 1.807) is 48.5 Å². The highest BCUT2D eigenvalue weighted by atomic mass is 16.5. The van der Waals surface area contributed by atoms with Crippen molar-refractivity contribution in [3.63, 3.8) is 0 Å². The molecule has 2 amide bonds. The van der Waals surface area contributed by atoms with E-state index in [1.165, 1.54) is 16.0 Å². The zero-order chi connectivity index (χ0) is 23.0. The maximum absolute atomic E-state index is 12.7. The number of anilines is 1. The predicted octanol–water partition coefficient (Wildman–Crippen LogP) is 6.61. The van der Waals surface area contributed by atoms with E-state index >= 15 is 0 Å². The molecule has 0 radical (unpaired) electrons. The van der Waals surface area contributed by atoms with Crippen molar-refractivity contribution in [3.05, 3.63) is 125 Å². The van der Waals surface area contributed by atoms with Crippen LogP contribution in [0.4, 0.5) is 5.69 Å². The standard InChI is InChI=1S/C29H23NO3/c1-29(2,20-8-4-3-5-9-20)21-12-16-23(17-13-21)33-24-18-14-22(15-19-24)30-27(31)25-10-6-7-11-26(25)28(30)32/h3-19H,1-2H3. The summed E-state index contributed by atoms with van der Waals surface area (Å²) in [5, 5.41) is 0. The van der Waals surface area contributed by atoms with E-state index in [2.05, 4.69) is 50.2 Å². The minimum Gasteiger partial charge on any atom is -0.457 e. The molecule has 0 unspecified atom stereocenters. The molecule has 0 saturated heterocycles. The van der Waals surface area contributed by atoms with Crippen LogP contribution in [0.1, 0.15) is 45.7 Å². The molecule has 4 heteroatoms. The van der Waals surface area contributed by atoms with Crippen LogP contribution in [0.25, 0.3) is 0 Å². The number of hydrogen-bond acceptors (Lipinski definition) is 3. The molecule has 0 fully saturated rings. The third kappa shape index (κ3) is 3.70. The summed E-state index contributed by atoms with van der Waals surface area (Å²) in [5.41, 5.74) is 3.72. The number of fused-ring (bicyclic) bond motifs is 1. The van der Waals surface area contributed by atoms with Crippen molar-refractivity contribution < 1.29 is 14.3 Å². The highest BCUT2D eigenvalue weighted by Crippen LogP contribution is 2.34. The van der Waals surface area contributed by atoms with Gasteiger partial charge in [0.15, 0.2) is 0 Å². The molecule has 0 aliphatic carbocycles. The van der Waals surface area contributed by atoms with E-state index in [1.807, 2.05) is 18.2 Å². The lowest BCUT2D eigenvalue weighted by Crippen LogP contribution is -2.29. The van der Waals surface area contributed by atoms with Crippen molar-refractivity contribution >= 4 is 17.5 Å². The first-order valence-electron chi connectivity index (χ1n) is 10.9. The molecular weight excluding hydrogens is 410 g/mol. The zero-order valence-electron chi connectivity index (χ0n) is 18.5. The Morgan fingerprint density at radius 3 is 1.58 bits per heavy atom. The second-order valence-corrected chi connectivity index (χ2v) is 8.60. The van der Waals surface area contributed by atoms with Gasteiger partial charge in [0.05, 0.1) is 16.8 Å². The van der Waals surface area contributed by atoms with Gasteiger partial charge in [0.1, 0.15) is 11.5 Å². The lowest BCUT2D eigenvalue weighted by molar-refractivity contribution is 0.0926. The fourth-order valence-electron chi connectivity index (χ4n) is 4.18. The average molecular weight is 434 g/mol. The van der Waals surface area contributed by atoms with Crippen LogP contribution in [-0.2, 0) is 5.41 Å². The highest BCUT2D eigenvalue weighted by Gasteiger charge is 2.36. The number of hydrogen-bond donors (Lipinski definition) is 0. The molecule has 0 spiro atoms. The maximum Gasteiger partial charge on any atom is 0.266 e. The minimum absolute atomic E-state index is 0.117. The second kappa shape index (κ2) is 8.06. The van der Waals surface area contributed by atoms with Gasteiger partial charge in [-0.3, -0.25) is 9.59 Å². The summed E-state index contributed by atoms with van der Waals surface area (Å²) in [6.45, 7) is 4.41. The topological polar surface area (TPSA) is 46.6 Å². The van der Waals surface area contributed by atoms with Gasteiger partial charge in [-0.05, 0) is 59.7 Å². The van der Waals surface area contributed by atoms with Gasteiger partial charge in [0, 0.05) is 5.41 Å². The zero-order valence-corrected chi connectivity index (χ0v) is 18.5. The SMILES string of the molecule is CC(C)(c1ccccc1)c1ccc(Oc2ccc(N3C(=O)c4ccccc4C3=O)cc2)cc1. The van der Waals surface area contributed by atoms with Gasteiger partial charge in [-0.25, -0.2) is 4.90 Å². The average Bonchev–Trinajstić information content (AvgIpc) is 3.11. The third-order valence-electron chi connectivity index (χ3n) is 6.20. The lowest BCUT2D eigenvalue weighted by atomic mass is 9.78. The normalized spacial score (nSPS) is 13.2. The Morgan fingerprint density at radius 1 is 0.576 bits per heavy atom. The summed E-state index contributed by atoms with van der Waals surface area (Å²) in [7, 11) is 0. The molecule has 0 atom stereocenters. The first-order valence-corrected chi connectivity index (χ1v) is 10.9. The van der Waals surface area contributed by atoms with Gasteiger partial charge in [-0.15, -0.1) is 0 Å². The van der Waals surface area contributed by atoms with E-state index in [0.717, 1.165) is 5.75 Å². The van der Waals surface area contributed by atoms with Crippen molar-refractivity contribution in [2.45, 2.75) is 19.3 Å². The first kappa shape index (κ1) is 20.7. The molecule has 4 nitrogen and oxygen atoms in total. The molecule has 1 aliphatic heterocycles. The lowest BCUT2D eigenvalue weighted by Gasteiger charge is -2.26. The molecule has 4 aromatic rings. The Bertz CT molecular complexity index is 1290. The maximum atomic E-state index is 12.7. The summed E-state index contributed by atoms with van der Waals surface area (Å²) < 4.78 is 6.00. The molecule has 162 valence electrons. The van der Waals surface area contributed by atoms with Crippen LogP contribution in [0.3, 0.4) is 0 Å². The van der Waals surface area contributed by atoms with Gasteiger partial charge in [0.25, 0.3) is 11.8 Å². The fraction of sp³-hybridized carbons (Fsp3) is 0.103. The monoisotopic (exact) mass is 433 g/mol. The van der Waals surface area contributed by atoms with Crippen molar-refractivity contribution in [1.29, 1.82) is 0 Å². The number of imide groups is 1. The van der Waals surface area contributed by atoms with Crippen molar-refractivity contribution in [3.8, 4) is 11.5 Å². The largest absolute Gasteiger partial charge is 0.457 e. The summed E-state index contributed by atoms with van der Waals surface area (Å²) in [6.07, 6.45) is 0. The van der Waals surface area contributed by atoms with Crippen LogP contribution in [0.5, 0.6) is 11.5 Å². The number of amides is 2. The molecule has 0 saturated carbocycles. The Labute approximate surface area is 193 Å². The van der Waals surface area contributed by atoms with E-state index in [-0.39, 0.29) is 17.2 Å². The van der Waals surface area contributed by atoms with E-state index in [0.29, 0.717) is 22.6 Å². The molecule has 33 heavy (non-hydrogen) atoms. The summed E-state index contributed by atoms with van der Waals surface area (Å²) in [4.78, 5) is 26.5. The van der Waals surface area contributed by atoms with Gasteiger partial charge in [-0.1, -0.05) is 68.4 Å². The smallest absolute Gasteiger partial charge is 0.266 e. The van der Waals surface area contributed by atoms with Gasteiger partial charge in [0.2, 0.25) is 0 Å². The van der Waals surface area contributed by atoms with Crippen molar-refractivity contribution in [1.82, 2.24) is 0 Å². The number of rotatable bonds is 5. The Balaban J connectivity index is 1.31. The number of carbonyl (C=O) groups excluding carboxylic acids is 2. The Kier molecular flexibility index (Phi) is 5.06. The van der Waals surface area contributed by atoms with Crippen LogP contribution in [-0.4, -0.2) is 11.8 Å². The van der Waals surface area contributed by atoms with Gasteiger partial charge in [-0.2, -0.15) is 0 Å². The number of ether oxygens (including phenoxy) is 1. The fourth-order valence-corrected chi connectivity index (χ4v) is 4.18. The molecule has 0 aromatic heterocycles. The number of carbonyl (C=O) groups is 2. The summed E-state index contributed by atoms with van der Waals surface area (Å²) in [6, 6.07) is 32.3. The van der Waals surface area contributed by atoms with E-state index < -0.39 is 0 Å². The molecule has 5 rings (SSSR count). The number of nitrogens with zero attached hydrogens (tertiary/aromatic N) is 1. The first-order chi connectivity index (χ1) is 15.9. The molecular formula is C29H23NO3. The van der Waals surface area contributed by atoms with E-state index in [9.17, 15) is 9.59 Å². The summed E-state index contributed by atoms with van der Waals surface area (Å²) >= 11 is 0. The number of benzene rings is 4. The van der Waals surface area contributed by atoms with Crippen LogP contribution in [0.2, 0.25) is 0 Å². The Hall–Kier alpha value is -4.18. The van der Waals surface area contributed by atoms with Crippen LogP contribution < -0.4 is 9.64 Å². The molecule has 1 heterocycles.